The number of unbranched alkanes of at least 4 members (excludes halogenated alkanes) is 1. The lowest BCUT2D eigenvalue weighted by molar-refractivity contribution is 0.107. The minimum Gasteiger partial charge on any atom is -0.493 e. The third-order valence-corrected chi connectivity index (χ3v) is 5.48. The first kappa shape index (κ1) is 26.3. The van der Waals surface area contributed by atoms with Crippen molar-refractivity contribution >= 4 is 10.9 Å². The largest absolute Gasteiger partial charge is 0.493 e. The highest BCUT2D eigenvalue weighted by Gasteiger charge is 2.12. The molecule has 0 fully saturated rings. The molecule has 0 radical (unpaired) electrons. The van der Waals surface area contributed by atoms with E-state index in [4.69, 9.17) is 24.1 Å². The molecule has 0 amide bonds. The Morgan fingerprint density at radius 1 is 0.943 bits per heavy atom. The van der Waals surface area contributed by atoms with Gasteiger partial charge in [0.25, 0.3) is 0 Å². The van der Waals surface area contributed by atoms with Crippen LogP contribution in [0.3, 0.4) is 0 Å². The molecular formula is C26H34N2O7. The molecule has 0 aliphatic rings. The lowest BCUT2D eigenvalue weighted by Gasteiger charge is -2.16. The maximum absolute atomic E-state index is 11.9. The first-order valence-electron chi connectivity index (χ1n) is 11.7. The van der Waals surface area contributed by atoms with Crippen LogP contribution in [0.4, 0.5) is 0 Å². The Hall–Kier alpha value is -3.27. The molecule has 0 spiro atoms. The molecule has 3 aromatic rings. The van der Waals surface area contributed by atoms with Crippen molar-refractivity contribution in [3.63, 3.8) is 0 Å². The molecule has 1 aromatic heterocycles. The number of rotatable bonds is 15. The summed E-state index contributed by atoms with van der Waals surface area (Å²) in [6.45, 7) is 1.68. The number of aliphatic hydroxyl groups is 2. The zero-order valence-corrected chi connectivity index (χ0v) is 20.2. The predicted molar refractivity (Wildman–Crippen MR) is 134 cm³/mol. The molecule has 190 valence electrons. The zero-order valence-electron chi connectivity index (χ0n) is 20.2. The van der Waals surface area contributed by atoms with E-state index < -0.39 is 6.10 Å². The van der Waals surface area contributed by atoms with Crippen LogP contribution in [0.2, 0.25) is 0 Å². The summed E-state index contributed by atoms with van der Waals surface area (Å²) in [5.74, 6) is 2.46. The van der Waals surface area contributed by atoms with E-state index in [0.29, 0.717) is 66.4 Å². The standard InChI is InChI=1S/C26H34N2O7/c1-32-22-7-5-18(15-24(22)33-2)11-12-27-16-19(30)17-35-21-8-9-23(34-14-4-3-13-29)26-20(21)6-10-25(31)28-26/h5-10,15,19,27,29-30H,3-4,11-14,16-17H2,1-2H3,(H,28,31). The van der Waals surface area contributed by atoms with Gasteiger partial charge < -0.3 is 39.5 Å². The minimum atomic E-state index is -0.715. The summed E-state index contributed by atoms with van der Waals surface area (Å²) in [5.41, 5.74) is 1.40. The number of nitrogens with one attached hydrogen (secondary N) is 2. The minimum absolute atomic E-state index is 0.0916. The van der Waals surface area contributed by atoms with E-state index in [0.717, 1.165) is 12.0 Å². The topological polar surface area (TPSA) is 122 Å². The average Bonchev–Trinajstić information content (AvgIpc) is 2.88. The fourth-order valence-electron chi connectivity index (χ4n) is 3.62. The van der Waals surface area contributed by atoms with Crippen molar-refractivity contribution in [3.05, 3.63) is 58.4 Å². The van der Waals surface area contributed by atoms with E-state index in [2.05, 4.69) is 10.3 Å². The van der Waals surface area contributed by atoms with Crippen LogP contribution < -0.4 is 29.8 Å². The molecule has 0 bridgehead atoms. The van der Waals surface area contributed by atoms with E-state index in [9.17, 15) is 9.90 Å². The number of aliphatic hydroxyl groups excluding tert-OH is 2. The zero-order chi connectivity index (χ0) is 25.0. The Labute approximate surface area is 204 Å². The van der Waals surface area contributed by atoms with Gasteiger partial charge in [-0.2, -0.15) is 0 Å². The summed E-state index contributed by atoms with van der Waals surface area (Å²) >= 11 is 0. The highest BCUT2D eigenvalue weighted by atomic mass is 16.5. The van der Waals surface area contributed by atoms with Crippen LogP contribution in [-0.2, 0) is 6.42 Å². The third-order valence-electron chi connectivity index (χ3n) is 5.48. The second-order valence-electron chi connectivity index (χ2n) is 8.06. The molecular weight excluding hydrogens is 452 g/mol. The normalized spacial score (nSPS) is 11.9. The van der Waals surface area contributed by atoms with E-state index in [1.165, 1.54) is 6.07 Å². The number of H-pyrrole nitrogens is 1. The summed E-state index contributed by atoms with van der Waals surface area (Å²) in [4.78, 5) is 14.7. The van der Waals surface area contributed by atoms with E-state index in [-0.39, 0.29) is 18.8 Å². The molecule has 1 atom stereocenters. The fourth-order valence-corrected chi connectivity index (χ4v) is 3.62. The monoisotopic (exact) mass is 486 g/mol. The van der Waals surface area contributed by atoms with Crippen molar-refractivity contribution in [2.24, 2.45) is 0 Å². The molecule has 0 aliphatic heterocycles. The van der Waals surface area contributed by atoms with Crippen LogP contribution in [0.1, 0.15) is 18.4 Å². The first-order valence-corrected chi connectivity index (χ1v) is 11.7. The van der Waals surface area contributed by atoms with Gasteiger partial charge in [-0.1, -0.05) is 6.07 Å². The second-order valence-corrected chi connectivity index (χ2v) is 8.06. The lowest BCUT2D eigenvalue weighted by atomic mass is 10.1. The SMILES string of the molecule is COc1ccc(CCNCC(O)COc2ccc(OCCCCO)c3[nH]c(=O)ccc23)cc1OC. The molecule has 3 rings (SSSR count). The maximum atomic E-state index is 11.9. The van der Waals surface area contributed by atoms with E-state index >= 15 is 0 Å². The van der Waals surface area contributed by atoms with Gasteiger partial charge in [-0.3, -0.25) is 4.79 Å². The van der Waals surface area contributed by atoms with Gasteiger partial charge in [-0.05, 0) is 61.7 Å². The van der Waals surface area contributed by atoms with Crippen LogP contribution in [0.25, 0.3) is 10.9 Å². The van der Waals surface area contributed by atoms with Crippen molar-refractivity contribution in [3.8, 4) is 23.0 Å². The molecule has 1 unspecified atom stereocenters. The van der Waals surface area contributed by atoms with Crippen molar-refractivity contribution in [1.29, 1.82) is 0 Å². The number of fused-ring (bicyclic) bond motifs is 1. The van der Waals surface area contributed by atoms with Crippen LogP contribution in [0.15, 0.2) is 47.3 Å². The van der Waals surface area contributed by atoms with Gasteiger partial charge in [0.15, 0.2) is 11.5 Å². The molecule has 9 heteroatoms. The quantitative estimate of drug-likeness (QED) is 0.241. The van der Waals surface area contributed by atoms with Crippen molar-refractivity contribution in [2.75, 3.05) is 47.1 Å². The Morgan fingerprint density at radius 3 is 2.49 bits per heavy atom. The van der Waals surface area contributed by atoms with Gasteiger partial charge >= 0.3 is 0 Å². The Balaban J connectivity index is 1.51. The number of hydrogen-bond acceptors (Lipinski definition) is 8. The smallest absolute Gasteiger partial charge is 0.248 e. The molecule has 4 N–H and O–H groups in total. The maximum Gasteiger partial charge on any atom is 0.248 e. The molecule has 1 heterocycles. The number of ether oxygens (including phenoxy) is 4. The molecule has 0 saturated carbocycles. The van der Waals surface area contributed by atoms with Crippen molar-refractivity contribution in [2.45, 2.75) is 25.4 Å². The summed E-state index contributed by atoms with van der Waals surface area (Å²) in [5, 5.41) is 23.2. The molecule has 35 heavy (non-hydrogen) atoms. The summed E-state index contributed by atoms with van der Waals surface area (Å²) in [6.07, 6.45) is 1.41. The molecule has 9 nitrogen and oxygen atoms in total. The van der Waals surface area contributed by atoms with Crippen LogP contribution >= 0.6 is 0 Å². The Bertz CT molecular complexity index is 1130. The van der Waals surface area contributed by atoms with Gasteiger partial charge in [0, 0.05) is 24.6 Å². The fraction of sp³-hybridized carbons (Fsp3) is 0.423. The Kier molecular flexibility index (Phi) is 10.2. The van der Waals surface area contributed by atoms with Crippen LogP contribution in [0, 0.1) is 0 Å². The van der Waals surface area contributed by atoms with Crippen molar-refractivity contribution in [1.82, 2.24) is 10.3 Å². The summed E-state index contributed by atoms with van der Waals surface area (Å²) < 4.78 is 22.2. The number of methoxy groups -OCH3 is 2. The van der Waals surface area contributed by atoms with Gasteiger partial charge in [0.2, 0.25) is 5.56 Å². The number of pyridine rings is 1. The summed E-state index contributed by atoms with van der Waals surface area (Å²) in [6, 6.07) is 12.4. The van der Waals surface area contributed by atoms with Gasteiger partial charge in [-0.15, -0.1) is 0 Å². The third kappa shape index (κ3) is 7.61. The van der Waals surface area contributed by atoms with Crippen molar-refractivity contribution < 1.29 is 29.2 Å². The average molecular weight is 487 g/mol. The number of hydrogen-bond donors (Lipinski definition) is 4. The van der Waals surface area contributed by atoms with E-state index in [1.807, 2.05) is 18.2 Å². The molecule has 2 aromatic carbocycles. The number of aromatic nitrogens is 1. The van der Waals surface area contributed by atoms with E-state index in [1.54, 1.807) is 32.4 Å². The van der Waals surface area contributed by atoms with Crippen LogP contribution in [0.5, 0.6) is 23.0 Å². The predicted octanol–water partition coefficient (Wildman–Crippen LogP) is 2.27. The highest BCUT2D eigenvalue weighted by Crippen LogP contribution is 2.31. The highest BCUT2D eigenvalue weighted by molar-refractivity contribution is 5.89. The second kappa shape index (κ2) is 13.6. The van der Waals surface area contributed by atoms with Gasteiger partial charge in [0.05, 0.1) is 26.3 Å². The van der Waals surface area contributed by atoms with Crippen LogP contribution in [-0.4, -0.2) is 68.4 Å². The Morgan fingerprint density at radius 2 is 1.71 bits per heavy atom. The number of benzene rings is 2. The molecule has 0 saturated heterocycles. The lowest BCUT2D eigenvalue weighted by Crippen LogP contribution is -2.32. The molecule has 0 aliphatic carbocycles. The van der Waals surface area contributed by atoms with Gasteiger partial charge in [0.1, 0.15) is 24.2 Å². The first-order chi connectivity index (χ1) is 17.0. The van der Waals surface area contributed by atoms with Gasteiger partial charge in [-0.25, -0.2) is 0 Å². The summed E-state index contributed by atoms with van der Waals surface area (Å²) in [7, 11) is 3.21. The number of aromatic amines is 1.